The maximum absolute atomic E-state index is 12.8. The van der Waals surface area contributed by atoms with Crippen molar-refractivity contribution in [2.45, 2.75) is 30.4 Å². The Morgan fingerprint density at radius 1 is 1.29 bits per heavy atom. The van der Waals surface area contributed by atoms with Gasteiger partial charge in [-0.15, -0.1) is 0 Å². The Morgan fingerprint density at radius 3 is 2.75 bits per heavy atom. The minimum atomic E-state index is -3.79. The second-order valence-electron chi connectivity index (χ2n) is 6.59. The van der Waals surface area contributed by atoms with Crippen molar-refractivity contribution in [1.29, 1.82) is 0 Å². The van der Waals surface area contributed by atoms with Gasteiger partial charge in [0, 0.05) is 6.42 Å². The number of benzene rings is 2. The molecular formula is C19H19ClN2O5S. The van der Waals surface area contributed by atoms with Crippen LogP contribution >= 0.6 is 11.6 Å². The fraction of sp³-hybridized carbons (Fsp3) is 0.263. The first kappa shape index (κ1) is 20.2. The average Bonchev–Trinajstić information content (AvgIpc) is 2.63. The van der Waals surface area contributed by atoms with Crippen LogP contribution in [0.5, 0.6) is 5.75 Å². The maximum Gasteiger partial charge on any atom is 0.262 e. The highest BCUT2D eigenvalue weighted by atomic mass is 35.5. The number of hydrogen-bond acceptors (Lipinski definition) is 5. The monoisotopic (exact) mass is 422 g/mol. The van der Waals surface area contributed by atoms with Gasteiger partial charge in [0.25, 0.3) is 5.91 Å². The fourth-order valence-electron chi connectivity index (χ4n) is 2.77. The van der Waals surface area contributed by atoms with Crippen molar-refractivity contribution in [1.82, 2.24) is 0 Å². The molecule has 1 aliphatic heterocycles. The quantitative estimate of drug-likeness (QED) is 0.770. The number of carbonyl (C=O) groups is 2. The van der Waals surface area contributed by atoms with Crippen LogP contribution in [0.4, 0.5) is 11.4 Å². The molecule has 0 bridgehead atoms. The molecule has 0 saturated heterocycles. The van der Waals surface area contributed by atoms with E-state index in [4.69, 9.17) is 16.3 Å². The molecule has 2 aromatic carbocycles. The van der Waals surface area contributed by atoms with Gasteiger partial charge in [-0.1, -0.05) is 17.7 Å². The molecule has 0 aromatic heterocycles. The van der Waals surface area contributed by atoms with Gasteiger partial charge in [-0.05, 0) is 49.7 Å². The number of anilines is 2. The van der Waals surface area contributed by atoms with Gasteiger partial charge in [0.15, 0.2) is 16.4 Å². The molecule has 2 N–H and O–H groups in total. The molecule has 0 unspecified atom stereocenters. The van der Waals surface area contributed by atoms with Crippen LogP contribution in [0.2, 0.25) is 5.02 Å². The zero-order valence-corrected chi connectivity index (χ0v) is 16.9. The maximum atomic E-state index is 12.8. The van der Waals surface area contributed by atoms with Crippen LogP contribution in [0.25, 0.3) is 0 Å². The smallest absolute Gasteiger partial charge is 0.262 e. The van der Waals surface area contributed by atoms with E-state index in [1.807, 2.05) is 6.92 Å². The third-order valence-corrected chi connectivity index (χ3v) is 6.76. The molecule has 0 fully saturated rings. The minimum absolute atomic E-state index is 0.00529. The van der Waals surface area contributed by atoms with E-state index >= 15 is 0 Å². The number of rotatable bonds is 5. The number of ether oxygens (including phenoxy) is 1. The third kappa shape index (κ3) is 4.28. The highest BCUT2D eigenvalue weighted by Gasteiger charge is 2.28. The Balaban J connectivity index is 1.74. The molecule has 148 valence electrons. The summed E-state index contributed by atoms with van der Waals surface area (Å²) in [5.41, 5.74) is 1.67. The van der Waals surface area contributed by atoms with Crippen LogP contribution in [0, 0.1) is 6.92 Å². The van der Waals surface area contributed by atoms with Gasteiger partial charge < -0.3 is 15.4 Å². The lowest BCUT2D eigenvalue weighted by molar-refractivity contribution is -0.118. The summed E-state index contributed by atoms with van der Waals surface area (Å²) in [6, 6.07) is 9.40. The van der Waals surface area contributed by atoms with Crippen molar-refractivity contribution in [3.63, 3.8) is 0 Å². The highest BCUT2D eigenvalue weighted by Crippen LogP contribution is 2.32. The van der Waals surface area contributed by atoms with E-state index in [1.54, 1.807) is 18.2 Å². The Bertz CT molecular complexity index is 1050. The van der Waals surface area contributed by atoms with E-state index in [0.29, 0.717) is 22.1 Å². The number of hydrogen-bond donors (Lipinski definition) is 2. The molecule has 2 aromatic rings. The SMILES string of the molecule is Cc1ccc(NC(=O)C[C@@H](C)S(=O)(=O)c2ccc3c(c2)NC(=O)CO3)c(Cl)c1. The van der Waals surface area contributed by atoms with Crippen molar-refractivity contribution in [2.75, 3.05) is 17.2 Å². The number of aryl methyl sites for hydroxylation is 1. The van der Waals surface area contributed by atoms with Gasteiger partial charge in [-0.2, -0.15) is 0 Å². The van der Waals surface area contributed by atoms with Crippen molar-refractivity contribution in [3.05, 3.63) is 47.0 Å². The Morgan fingerprint density at radius 2 is 2.04 bits per heavy atom. The lowest BCUT2D eigenvalue weighted by Crippen LogP contribution is -2.27. The van der Waals surface area contributed by atoms with Gasteiger partial charge in [0.2, 0.25) is 5.91 Å². The van der Waals surface area contributed by atoms with Gasteiger partial charge in [-0.3, -0.25) is 9.59 Å². The summed E-state index contributed by atoms with van der Waals surface area (Å²) in [4.78, 5) is 23.7. The molecule has 0 spiro atoms. The van der Waals surface area contributed by atoms with Crippen LogP contribution in [-0.2, 0) is 19.4 Å². The molecule has 2 amide bonds. The second kappa shape index (κ2) is 7.81. The van der Waals surface area contributed by atoms with Gasteiger partial charge in [0.1, 0.15) is 5.75 Å². The minimum Gasteiger partial charge on any atom is -0.482 e. The molecule has 7 nitrogen and oxygen atoms in total. The predicted octanol–water partition coefficient (Wildman–Crippen LogP) is 3.17. The molecule has 0 saturated carbocycles. The van der Waals surface area contributed by atoms with Crippen molar-refractivity contribution in [2.24, 2.45) is 0 Å². The van der Waals surface area contributed by atoms with Gasteiger partial charge in [-0.25, -0.2) is 8.42 Å². The van der Waals surface area contributed by atoms with Crippen LogP contribution in [0.1, 0.15) is 18.9 Å². The number of sulfone groups is 1. The van der Waals surface area contributed by atoms with E-state index in [0.717, 1.165) is 5.56 Å². The molecule has 9 heteroatoms. The number of halogens is 1. The topological polar surface area (TPSA) is 102 Å². The van der Waals surface area contributed by atoms with Crippen molar-refractivity contribution in [3.8, 4) is 5.75 Å². The van der Waals surface area contributed by atoms with Gasteiger partial charge >= 0.3 is 0 Å². The average molecular weight is 423 g/mol. The third-order valence-electron chi connectivity index (χ3n) is 4.31. The molecule has 28 heavy (non-hydrogen) atoms. The van der Waals surface area contributed by atoms with Crippen LogP contribution in [-0.4, -0.2) is 32.1 Å². The summed E-state index contributed by atoms with van der Waals surface area (Å²) in [7, 11) is -3.79. The highest BCUT2D eigenvalue weighted by molar-refractivity contribution is 7.92. The number of fused-ring (bicyclic) bond motifs is 1. The van der Waals surface area contributed by atoms with E-state index in [-0.39, 0.29) is 23.8 Å². The zero-order valence-electron chi connectivity index (χ0n) is 15.3. The van der Waals surface area contributed by atoms with E-state index in [1.165, 1.54) is 25.1 Å². The molecule has 1 atom stereocenters. The van der Waals surface area contributed by atoms with Crippen molar-refractivity contribution < 1.29 is 22.7 Å². The Kier molecular flexibility index (Phi) is 5.62. The number of carbonyl (C=O) groups excluding carboxylic acids is 2. The van der Waals surface area contributed by atoms with Gasteiger partial charge in [0.05, 0.1) is 26.5 Å². The standard InChI is InChI=1S/C19H19ClN2O5S/c1-11-3-5-15(14(20)7-11)21-18(23)8-12(2)28(25,26)13-4-6-17-16(9-13)22-19(24)10-27-17/h3-7,9,12H,8,10H2,1-2H3,(H,21,23)(H,22,24)/t12-/m1/s1. The first-order valence-electron chi connectivity index (χ1n) is 8.53. The summed E-state index contributed by atoms with van der Waals surface area (Å²) in [5, 5.41) is 4.62. The summed E-state index contributed by atoms with van der Waals surface area (Å²) in [5.74, 6) is -0.418. The molecule has 0 radical (unpaired) electrons. The Labute approximate surface area is 168 Å². The lowest BCUT2D eigenvalue weighted by atomic mass is 10.2. The number of nitrogens with one attached hydrogen (secondary N) is 2. The first-order valence-corrected chi connectivity index (χ1v) is 10.5. The van der Waals surface area contributed by atoms with E-state index in [9.17, 15) is 18.0 Å². The normalized spacial score (nSPS) is 14.5. The number of amides is 2. The first-order chi connectivity index (χ1) is 13.2. The Hall–Kier alpha value is -2.58. The molecular weight excluding hydrogens is 404 g/mol. The molecule has 3 rings (SSSR count). The molecule has 1 heterocycles. The lowest BCUT2D eigenvalue weighted by Gasteiger charge is -2.19. The molecule has 1 aliphatic rings. The van der Waals surface area contributed by atoms with E-state index in [2.05, 4.69) is 10.6 Å². The van der Waals surface area contributed by atoms with Crippen molar-refractivity contribution >= 4 is 44.6 Å². The largest absolute Gasteiger partial charge is 0.482 e. The second-order valence-corrected chi connectivity index (χ2v) is 9.36. The predicted molar refractivity (Wildman–Crippen MR) is 107 cm³/mol. The van der Waals surface area contributed by atoms with Crippen LogP contribution < -0.4 is 15.4 Å². The van der Waals surface area contributed by atoms with Crippen LogP contribution in [0.3, 0.4) is 0 Å². The summed E-state index contributed by atoms with van der Waals surface area (Å²) in [6.45, 7) is 3.22. The summed E-state index contributed by atoms with van der Waals surface area (Å²) >= 11 is 6.10. The summed E-state index contributed by atoms with van der Waals surface area (Å²) < 4.78 is 30.9. The molecule has 0 aliphatic carbocycles. The fourth-order valence-corrected chi connectivity index (χ4v) is 4.42. The zero-order chi connectivity index (χ0) is 20.5. The summed E-state index contributed by atoms with van der Waals surface area (Å²) in [6.07, 6.45) is -0.244. The van der Waals surface area contributed by atoms with Crippen LogP contribution in [0.15, 0.2) is 41.3 Å². The van der Waals surface area contributed by atoms with E-state index < -0.39 is 21.0 Å².